The quantitative estimate of drug-likeness (QED) is 0.939. The molecule has 5 nitrogen and oxygen atoms in total. The highest BCUT2D eigenvalue weighted by Crippen LogP contribution is 2.26. The second kappa shape index (κ2) is 5.85. The van der Waals surface area contributed by atoms with Crippen molar-refractivity contribution in [2.75, 3.05) is 11.9 Å². The minimum absolute atomic E-state index is 0.0335. The molecule has 1 saturated heterocycles. The Morgan fingerprint density at radius 1 is 1.43 bits per heavy atom. The van der Waals surface area contributed by atoms with E-state index in [2.05, 4.69) is 53.5 Å². The van der Waals surface area contributed by atoms with Crippen LogP contribution in [0.4, 0.5) is 5.69 Å². The summed E-state index contributed by atoms with van der Waals surface area (Å²) in [7, 11) is 0. The van der Waals surface area contributed by atoms with Crippen molar-refractivity contribution in [2.45, 2.75) is 44.9 Å². The number of nitrogens with one attached hydrogen (secondary N) is 1. The fraction of sp³-hybridized carbons (Fsp3) is 0.500. The highest BCUT2D eigenvalue weighted by molar-refractivity contribution is 5.46. The Morgan fingerprint density at radius 2 is 2.33 bits per heavy atom. The van der Waals surface area contributed by atoms with Crippen molar-refractivity contribution >= 4 is 5.69 Å². The smallest absolute Gasteiger partial charge is 0.137 e. The van der Waals surface area contributed by atoms with Gasteiger partial charge in [-0.2, -0.15) is 5.10 Å². The van der Waals surface area contributed by atoms with Gasteiger partial charge in [-0.05, 0) is 44.4 Å². The largest absolute Gasteiger partial charge is 0.382 e. The number of rotatable bonds is 4. The summed E-state index contributed by atoms with van der Waals surface area (Å²) in [6, 6.07) is 8.97. The summed E-state index contributed by atoms with van der Waals surface area (Å²) in [5, 5.41) is 7.78. The molecule has 1 aliphatic rings. The first kappa shape index (κ1) is 14.1. The van der Waals surface area contributed by atoms with Crippen LogP contribution in [0.5, 0.6) is 0 Å². The van der Waals surface area contributed by atoms with E-state index in [0.29, 0.717) is 6.04 Å². The fourth-order valence-corrected chi connectivity index (χ4v) is 2.85. The van der Waals surface area contributed by atoms with Crippen molar-refractivity contribution in [3.8, 4) is 0 Å². The molecular formula is C16H22N4O. The van der Waals surface area contributed by atoms with Gasteiger partial charge in [-0.3, -0.25) is 0 Å². The molecule has 112 valence electrons. The number of hydrogen-bond donors (Lipinski definition) is 1. The molecule has 0 radical (unpaired) electrons. The van der Waals surface area contributed by atoms with Crippen LogP contribution in [0.25, 0.3) is 0 Å². The first-order chi connectivity index (χ1) is 10.1. The van der Waals surface area contributed by atoms with Crippen LogP contribution in [0.3, 0.4) is 0 Å². The number of benzene rings is 1. The van der Waals surface area contributed by atoms with Gasteiger partial charge in [0.05, 0.1) is 12.1 Å². The zero-order chi connectivity index (χ0) is 14.7. The third kappa shape index (κ3) is 3.82. The van der Waals surface area contributed by atoms with E-state index < -0.39 is 0 Å². The van der Waals surface area contributed by atoms with E-state index in [-0.39, 0.29) is 5.60 Å². The van der Waals surface area contributed by atoms with E-state index in [1.165, 1.54) is 5.56 Å². The van der Waals surface area contributed by atoms with Crippen molar-refractivity contribution in [3.05, 3.63) is 42.5 Å². The van der Waals surface area contributed by atoms with Crippen LogP contribution in [-0.2, 0) is 11.3 Å². The molecule has 1 aromatic carbocycles. The summed E-state index contributed by atoms with van der Waals surface area (Å²) >= 11 is 0. The number of anilines is 1. The number of ether oxygens (including phenoxy) is 1. The lowest BCUT2D eigenvalue weighted by Gasteiger charge is -2.36. The predicted octanol–water partition coefficient (Wildman–Crippen LogP) is 2.70. The van der Waals surface area contributed by atoms with Crippen molar-refractivity contribution in [3.63, 3.8) is 0 Å². The van der Waals surface area contributed by atoms with Gasteiger partial charge in [0.25, 0.3) is 0 Å². The molecule has 1 aliphatic heterocycles. The second-order valence-corrected chi connectivity index (χ2v) is 6.24. The minimum Gasteiger partial charge on any atom is -0.382 e. The molecule has 1 fully saturated rings. The molecule has 1 aromatic heterocycles. The lowest BCUT2D eigenvalue weighted by atomic mass is 9.94. The third-order valence-corrected chi connectivity index (χ3v) is 3.81. The third-order valence-electron chi connectivity index (χ3n) is 3.81. The maximum atomic E-state index is 5.77. The molecule has 0 aliphatic carbocycles. The Kier molecular flexibility index (Phi) is 3.92. The number of aromatic nitrogens is 3. The molecule has 0 bridgehead atoms. The van der Waals surface area contributed by atoms with E-state index in [1.807, 2.05) is 4.68 Å². The molecule has 21 heavy (non-hydrogen) atoms. The molecule has 2 heterocycles. The molecule has 0 amide bonds. The van der Waals surface area contributed by atoms with E-state index in [9.17, 15) is 0 Å². The van der Waals surface area contributed by atoms with E-state index in [4.69, 9.17) is 4.74 Å². The van der Waals surface area contributed by atoms with Gasteiger partial charge >= 0.3 is 0 Å². The monoisotopic (exact) mass is 286 g/mol. The zero-order valence-electron chi connectivity index (χ0n) is 12.6. The zero-order valence-corrected chi connectivity index (χ0v) is 12.6. The Morgan fingerprint density at radius 3 is 3.10 bits per heavy atom. The van der Waals surface area contributed by atoms with Gasteiger partial charge in [0.15, 0.2) is 0 Å². The molecule has 0 spiro atoms. The van der Waals surface area contributed by atoms with E-state index in [0.717, 1.165) is 31.7 Å². The van der Waals surface area contributed by atoms with Crippen molar-refractivity contribution in [1.29, 1.82) is 0 Å². The highest BCUT2D eigenvalue weighted by Gasteiger charge is 2.28. The first-order valence-electron chi connectivity index (χ1n) is 7.43. The molecular weight excluding hydrogens is 264 g/mol. The van der Waals surface area contributed by atoms with Crippen molar-refractivity contribution in [1.82, 2.24) is 14.8 Å². The Hall–Kier alpha value is -1.88. The lowest BCUT2D eigenvalue weighted by Crippen LogP contribution is -2.40. The second-order valence-electron chi connectivity index (χ2n) is 6.24. The summed E-state index contributed by atoms with van der Waals surface area (Å²) in [6.45, 7) is 5.88. The van der Waals surface area contributed by atoms with Gasteiger partial charge in [0.1, 0.15) is 12.7 Å². The van der Waals surface area contributed by atoms with Crippen molar-refractivity contribution < 1.29 is 4.74 Å². The molecule has 1 unspecified atom stereocenters. The average molecular weight is 286 g/mol. The standard InChI is InChI=1S/C16H22N4O/c1-16(2)9-15(6-7-21-16)19-14-5-3-4-13(8-14)10-20-12-17-11-18-20/h3-5,8,11-12,15,19H,6-7,9-10H2,1-2H3. The van der Waals surface area contributed by atoms with Gasteiger partial charge in [0.2, 0.25) is 0 Å². The normalized spacial score (nSPS) is 21.1. The van der Waals surface area contributed by atoms with Gasteiger partial charge in [0, 0.05) is 18.3 Å². The van der Waals surface area contributed by atoms with Crippen LogP contribution >= 0.6 is 0 Å². The van der Waals surface area contributed by atoms with Crippen LogP contribution in [0.15, 0.2) is 36.9 Å². The lowest BCUT2D eigenvalue weighted by molar-refractivity contribution is -0.0553. The molecule has 3 rings (SSSR count). The topological polar surface area (TPSA) is 52.0 Å². The van der Waals surface area contributed by atoms with Crippen LogP contribution in [0.1, 0.15) is 32.3 Å². The molecule has 1 N–H and O–H groups in total. The first-order valence-corrected chi connectivity index (χ1v) is 7.43. The summed E-state index contributed by atoms with van der Waals surface area (Å²) in [5.41, 5.74) is 2.35. The molecule has 5 heteroatoms. The van der Waals surface area contributed by atoms with E-state index in [1.54, 1.807) is 12.7 Å². The number of hydrogen-bond acceptors (Lipinski definition) is 4. The summed E-state index contributed by atoms with van der Waals surface area (Å²) in [5.74, 6) is 0. The number of nitrogens with zero attached hydrogens (tertiary/aromatic N) is 3. The summed E-state index contributed by atoms with van der Waals surface area (Å²) in [4.78, 5) is 3.97. The van der Waals surface area contributed by atoms with Gasteiger partial charge in [-0.25, -0.2) is 9.67 Å². The molecule has 2 aromatic rings. The SMILES string of the molecule is CC1(C)CC(Nc2cccc(Cn3cncn3)c2)CCO1. The molecule has 1 atom stereocenters. The Balaban J connectivity index is 1.65. The van der Waals surface area contributed by atoms with Crippen LogP contribution in [0.2, 0.25) is 0 Å². The van der Waals surface area contributed by atoms with Gasteiger partial charge in [-0.1, -0.05) is 12.1 Å². The highest BCUT2D eigenvalue weighted by atomic mass is 16.5. The van der Waals surface area contributed by atoms with Gasteiger partial charge < -0.3 is 10.1 Å². The average Bonchev–Trinajstić information content (AvgIpc) is 2.91. The van der Waals surface area contributed by atoms with E-state index >= 15 is 0 Å². The predicted molar refractivity (Wildman–Crippen MR) is 82.2 cm³/mol. The van der Waals surface area contributed by atoms with Crippen molar-refractivity contribution in [2.24, 2.45) is 0 Å². The van der Waals surface area contributed by atoms with Gasteiger partial charge in [-0.15, -0.1) is 0 Å². The summed E-state index contributed by atoms with van der Waals surface area (Å²) < 4.78 is 7.60. The summed E-state index contributed by atoms with van der Waals surface area (Å²) in [6.07, 6.45) is 5.38. The maximum Gasteiger partial charge on any atom is 0.137 e. The Bertz CT molecular complexity index is 580. The fourth-order valence-electron chi connectivity index (χ4n) is 2.85. The van der Waals surface area contributed by atoms with Crippen LogP contribution < -0.4 is 5.32 Å². The van der Waals surface area contributed by atoms with Crippen LogP contribution in [0, 0.1) is 0 Å². The molecule has 0 saturated carbocycles. The Labute approximate surface area is 125 Å². The minimum atomic E-state index is -0.0335. The maximum absolute atomic E-state index is 5.77. The van der Waals surface area contributed by atoms with Crippen LogP contribution in [-0.4, -0.2) is 33.0 Å².